The summed E-state index contributed by atoms with van der Waals surface area (Å²) in [4.78, 5) is 3.74. The number of aromatic nitrogens is 2. The predicted octanol–water partition coefficient (Wildman–Crippen LogP) is 5.27. The van der Waals surface area contributed by atoms with E-state index in [1.54, 1.807) is 4.72 Å². The Balaban J connectivity index is 1.57. The zero-order chi connectivity index (χ0) is 25.9. The summed E-state index contributed by atoms with van der Waals surface area (Å²) in [6, 6.07) is 8.77. The van der Waals surface area contributed by atoms with Crippen LogP contribution < -0.4 is 9.46 Å². The molecular formula is C23H19F5N4O3S. The van der Waals surface area contributed by atoms with Crippen molar-refractivity contribution in [2.45, 2.75) is 61.4 Å². The fraction of sp³-hybridized carbons (Fsp3) is 0.391. The molecule has 2 aromatic heterocycles. The Bertz CT molecular complexity index is 1470. The van der Waals surface area contributed by atoms with E-state index in [0.717, 1.165) is 31.5 Å². The van der Waals surface area contributed by atoms with Gasteiger partial charge in [-0.1, -0.05) is 0 Å². The highest BCUT2D eigenvalue weighted by Crippen LogP contribution is 2.50. The van der Waals surface area contributed by atoms with Crippen LogP contribution in [0.15, 0.2) is 41.4 Å². The SMILES string of the molecule is N#Cc1c(-c2ccc(S(=O)(=O)NC3(C(F)(F)F)CC3)cn2)n(C2CCC2)c2cc(OC(F)F)ccc12. The first kappa shape index (κ1) is 24.5. The number of nitrogens with one attached hydrogen (secondary N) is 1. The molecule has 3 aromatic rings. The van der Waals surface area contributed by atoms with Crippen molar-refractivity contribution in [3.8, 4) is 23.2 Å². The number of alkyl halides is 5. The van der Waals surface area contributed by atoms with E-state index >= 15 is 0 Å². The fourth-order valence-corrected chi connectivity index (χ4v) is 5.81. The van der Waals surface area contributed by atoms with E-state index in [0.29, 0.717) is 16.6 Å². The smallest absolute Gasteiger partial charge is 0.407 e. The number of benzene rings is 1. The minimum Gasteiger partial charge on any atom is -0.435 e. The Labute approximate surface area is 202 Å². The minimum atomic E-state index is -4.72. The topological polar surface area (TPSA) is 97.0 Å². The molecule has 1 N–H and O–H groups in total. The van der Waals surface area contributed by atoms with Crippen LogP contribution in [0, 0.1) is 11.3 Å². The van der Waals surface area contributed by atoms with Crippen molar-refractivity contribution >= 4 is 20.9 Å². The summed E-state index contributed by atoms with van der Waals surface area (Å²) in [7, 11) is -4.51. The van der Waals surface area contributed by atoms with Gasteiger partial charge in [0.25, 0.3) is 0 Å². The second kappa shape index (κ2) is 8.41. The number of sulfonamides is 1. The molecule has 1 aromatic carbocycles. The van der Waals surface area contributed by atoms with Gasteiger partial charge in [0, 0.05) is 23.7 Å². The molecule has 2 aliphatic carbocycles. The monoisotopic (exact) mass is 526 g/mol. The van der Waals surface area contributed by atoms with Crippen LogP contribution in [-0.2, 0) is 10.0 Å². The Morgan fingerprint density at radius 1 is 1.19 bits per heavy atom. The molecule has 0 radical (unpaired) electrons. The standard InChI is InChI=1S/C23H19F5N4O3S/c24-21(25)35-14-4-6-16-17(11-29)20(32(19(16)10-14)13-2-1-3-13)18-7-5-15(12-30-18)36(33,34)31-22(8-9-22)23(26,27)28/h4-7,10,12-13,21,31H,1-3,8-9H2. The van der Waals surface area contributed by atoms with Gasteiger partial charge >= 0.3 is 12.8 Å². The quantitative estimate of drug-likeness (QED) is 0.423. The molecule has 13 heteroatoms. The number of rotatable bonds is 7. The first-order valence-corrected chi connectivity index (χ1v) is 12.5. The van der Waals surface area contributed by atoms with Crippen LogP contribution in [0.25, 0.3) is 22.3 Å². The van der Waals surface area contributed by atoms with Crippen LogP contribution in [0.2, 0.25) is 0 Å². The third-order valence-corrected chi connectivity index (χ3v) is 8.19. The summed E-state index contributed by atoms with van der Waals surface area (Å²) < 4.78 is 98.6. The van der Waals surface area contributed by atoms with E-state index in [1.165, 1.54) is 24.3 Å². The van der Waals surface area contributed by atoms with E-state index in [-0.39, 0.29) is 35.9 Å². The molecule has 0 unspecified atom stereocenters. The molecule has 7 nitrogen and oxygen atoms in total. The molecule has 0 aliphatic heterocycles. The molecule has 36 heavy (non-hydrogen) atoms. The lowest BCUT2D eigenvalue weighted by molar-refractivity contribution is -0.160. The Morgan fingerprint density at radius 3 is 2.42 bits per heavy atom. The molecule has 0 amide bonds. The lowest BCUT2D eigenvalue weighted by Crippen LogP contribution is -2.47. The third-order valence-electron chi connectivity index (χ3n) is 6.66. The summed E-state index contributed by atoms with van der Waals surface area (Å²) in [6.45, 7) is -3.03. The second-order valence-corrected chi connectivity index (χ2v) is 10.6. The van der Waals surface area contributed by atoms with E-state index in [4.69, 9.17) is 0 Å². The lowest BCUT2D eigenvalue weighted by Gasteiger charge is -2.30. The molecule has 2 aliphatic rings. The number of hydrogen-bond donors (Lipinski definition) is 1. The van der Waals surface area contributed by atoms with Gasteiger partial charge in [0.15, 0.2) is 0 Å². The van der Waals surface area contributed by atoms with Gasteiger partial charge in [-0.15, -0.1) is 0 Å². The van der Waals surface area contributed by atoms with Gasteiger partial charge in [-0.25, -0.2) is 8.42 Å². The van der Waals surface area contributed by atoms with Crippen molar-refractivity contribution in [2.24, 2.45) is 0 Å². The van der Waals surface area contributed by atoms with Crippen molar-refractivity contribution < 1.29 is 35.1 Å². The Morgan fingerprint density at radius 2 is 1.92 bits per heavy atom. The van der Waals surface area contributed by atoms with Crippen LogP contribution in [0.4, 0.5) is 22.0 Å². The van der Waals surface area contributed by atoms with Crippen LogP contribution in [-0.4, -0.2) is 36.3 Å². The van der Waals surface area contributed by atoms with Gasteiger partial charge in [-0.3, -0.25) is 4.98 Å². The number of fused-ring (bicyclic) bond motifs is 1. The zero-order valence-corrected chi connectivity index (χ0v) is 19.3. The number of ether oxygens (including phenoxy) is 1. The molecule has 0 saturated heterocycles. The van der Waals surface area contributed by atoms with Crippen LogP contribution in [0.3, 0.4) is 0 Å². The Kier molecular flexibility index (Phi) is 5.72. The predicted molar refractivity (Wildman–Crippen MR) is 118 cm³/mol. The summed E-state index contributed by atoms with van der Waals surface area (Å²) in [5, 5.41) is 10.4. The normalized spacial score (nSPS) is 17.7. The van der Waals surface area contributed by atoms with E-state index in [9.17, 15) is 35.6 Å². The molecule has 0 bridgehead atoms. The fourth-order valence-electron chi connectivity index (χ4n) is 4.42. The lowest BCUT2D eigenvalue weighted by atomic mass is 9.92. The maximum Gasteiger partial charge on any atom is 0.407 e. The van der Waals surface area contributed by atoms with Gasteiger partial charge in [0.05, 0.1) is 22.5 Å². The first-order chi connectivity index (χ1) is 17.0. The maximum atomic E-state index is 13.2. The van der Waals surface area contributed by atoms with Crippen molar-refractivity contribution in [3.05, 3.63) is 42.1 Å². The van der Waals surface area contributed by atoms with Gasteiger partial charge in [-0.2, -0.15) is 31.9 Å². The van der Waals surface area contributed by atoms with E-state index < -0.39 is 33.2 Å². The number of halogens is 5. The third kappa shape index (κ3) is 4.08. The average molecular weight is 526 g/mol. The highest BCUT2D eigenvalue weighted by Gasteiger charge is 2.65. The molecule has 2 heterocycles. The van der Waals surface area contributed by atoms with Gasteiger partial charge in [0.2, 0.25) is 10.0 Å². The van der Waals surface area contributed by atoms with Crippen LogP contribution >= 0.6 is 0 Å². The first-order valence-electron chi connectivity index (χ1n) is 11.1. The molecule has 5 rings (SSSR count). The van der Waals surface area contributed by atoms with Crippen molar-refractivity contribution in [1.82, 2.24) is 14.3 Å². The number of nitrogens with zero attached hydrogens (tertiary/aromatic N) is 3. The van der Waals surface area contributed by atoms with Crippen molar-refractivity contribution in [3.63, 3.8) is 0 Å². The van der Waals surface area contributed by atoms with Gasteiger partial charge < -0.3 is 9.30 Å². The summed E-state index contributed by atoms with van der Waals surface area (Å²) in [6.07, 6.45) is -1.98. The van der Waals surface area contributed by atoms with Crippen molar-refractivity contribution in [1.29, 1.82) is 5.26 Å². The molecule has 190 valence electrons. The highest BCUT2D eigenvalue weighted by atomic mass is 32.2. The number of nitriles is 1. The van der Waals surface area contributed by atoms with E-state index in [2.05, 4.69) is 15.8 Å². The zero-order valence-electron chi connectivity index (χ0n) is 18.5. The van der Waals surface area contributed by atoms with Gasteiger partial charge in [0.1, 0.15) is 22.3 Å². The summed E-state index contributed by atoms with van der Waals surface area (Å²) in [5.41, 5.74) is -1.16. The molecule has 2 saturated carbocycles. The second-order valence-electron chi connectivity index (χ2n) is 8.91. The highest BCUT2D eigenvalue weighted by molar-refractivity contribution is 7.89. The molecular weight excluding hydrogens is 507 g/mol. The van der Waals surface area contributed by atoms with Gasteiger partial charge in [-0.05, 0) is 56.4 Å². The largest absolute Gasteiger partial charge is 0.435 e. The maximum absolute atomic E-state index is 13.2. The van der Waals surface area contributed by atoms with E-state index in [1.807, 2.05) is 4.57 Å². The summed E-state index contributed by atoms with van der Waals surface area (Å²) in [5.74, 6) is -0.0780. The number of hydrogen-bond acceptors (Lipinski definition) is 5. The molecule has 2 fully saturated rings. The van der Waals surface area contributed by atoms with Crippen LogP contribution in [0.1, 0.15) is 43.7 Å². The number of pyridine rings is 1. The Hall–Kier alpha value is -3.24. The van der Waals surface area contributed by atoms with Crippen molar-refractivity contribution in [2.75, 3.05) is 0 Å². The summed E-state index contributed by atoms with van der Waals surface area (Å²) >= 11 is 0. The molecule has 0 atom stereocenters. The average Bonchev–Trinajstić information content (AvgIpc) is 3.48. The minimum absolute atomic E-state index is 0.0419. The molecule has 0 spiro atoms. The van der Waals surface area contributed by atoms with Crippen LogP contribution in [0.5, 0.6) is 5.75 Å².